The van der Waals surface area contributed by atoms with Crippen LogP contribution in [-0.2, 0) is 17.8 Å². The van der Waals surface area contributed by atoms with Crippen LogP contribution in [-0.4, -0.2) is 58.3 Å². The summed E-state index contributed by atoms with van der Waals surface area (Å²) >= 11 is 0. The first-order valence-electron chi connectivity index (χ1n) is 11.0. The van der Waals surface area contributed by atoms with Gasteiger partial charge in [0.25, 0.3) is 5.91 Å². The van der Waals surface area contributed by atoms with Gasteiger partial charge in [-0.1, -0.05) is 6.07 Å². The number of ether oxygens (including phenoxy) is 1. The Labute approximate surface area is 192 Å². The van der Waals surface area contributed by atoms with Gasteiger partial charge in [0.05, 0.1) is 18.0 Å². The number of carbonyl (C=O) groups is 2. The molecule has 0 aliphatic carbocycles. The summed E-state index contributed by atoms with van der Waals surface area (Å²) in [4.78, 5) is 35.0. The predicted octanol–water partition coefficient (Wildman–Crippen LogP) is 1.57. The molecule has 2 aliphatic rings. The fraction of sp³-hybridized carbons (Fsp3) is 0.435. The molecule has 4 rings (SSSR count). The van der Waals surface area contributed by atoms with Crippen LogP contribution in [0.2, 0.25) is 0 Å². The Morgan fingerprint density at radius 3 is 2.76 bits per heavy atom. The van der Waals surface area contributed by atoms with E-state index in [1.807, 2.05) is 12.1 Å². The summed E-state index contributed by atoms with van der Waals surface area (Å²) in [5.41, 5.74) is 4.00. The SMILES string of the molecule is Cc1c(CCN2CCC(C)(NC(=O)c3cnc(N(N)C=N)cn3)CC2)ccc2c1COC2=O. The maximum absolute atomic E-state index is 12.7. The smallest absolute Gasteiger partial charge is 0.338 e. The Balaban J connectivity index is 1.29. The van der Waals surface area contributed by atoms with Crippen molar-refractivity contribution in [3.63, 3.8) is 0 Å². The number of carbonyl (C=O) groups excluding carboxylic acids is 2. The quantitative estimate of drug-likeness (QED) is 0.190. The number of nitrogens with one attached hydrogen (secondary N) is 2. The highest BCUT2D eigenvalue weighted by Crippen LogP contribution is 2.27. The summed E-state index contributed by atoms with van der Waals surface area (Å²) in [6.07, 6.45) is 6.23. The number of benzene rings is 1. The van der Waals surface area contributed by atoms with Crippen LogP contribution >= 0.6 is 0 Å². The van der Waals surface area contributed by atoms with E-state index in [0.29, 0.717) is 18.0 Å². The standard InChI is InChI=1S/C23H29N7O3/c1-15-16(3-4-17-18(15)13-33-22(17)32)5-8-29-9-6-23(2,7-10-29)28-21(31)19-11-27-20(12-26-19)30(25)14-24/h3-4,11-12,14,24H,5-10,13,25H2,1-2H3,(H,28,31). The molecular weight excluding hydrogens is 422 g/mol. The van der Waals surface area contributed by atoms with Crippen molar-refractivity contribution in [3.8, 4) is 0 Å². The molecule has 0 atom stereocenters. The number of hydrazine groups is 1. The molecule has 0 unspecified atom stereocenters. The van der Waals surface area contributed by atoms with Gasteiger partial charge < -0.3 is 15.0 Å². The second-order valence-corrected chi connectivity index (χ2v) is 8.85. The number of hydrogen-bond donors (Lipinski definition) is 3. The van der Waals surface area contributed by atoms with E-state index in [2.05, 4.69) is 34.0 Å². The number of hydrogen-bond acceptors (Lipinski definition) is 8. The van der Waals surface area contributed by atoms with Crippen molar-refractivity contribution in [1.29, 1.82) is 5.41 Å². The Hall–Kier alpha value is -3.37. The molecule has 1 amide bonds. The summed E-state index contributed by atoms with van der Waals surface area (Å²) in [5.74, 6) is 5.36. The van der Waals surface area contributed by atoms with Gasteiger partial charge in [0, 0.05) is 30.7 Å². The summed E-state index contributed by atoms with van der Waals surface area (Å²) in [6.45, 7) is 7.18. The van der Waals surface area contributed by atoms with Crippen LogP contribution in [0, 0.1) is 12.3 Å². The molecule has 0 radical (unpaired) electrons. The Bertz CT molecular complexity index is 1060. The lowest BCUT2D eigenvalue weighted by atomic mass is 9.89. The van der Waals surface area contributed by atoms with Crippen molar-refractivity contribution in [3.05, 3.63) is 52.5 Å². The number of rotatable bonds is 7. The van der Waals surface area contributed by atoms with Crippen molar-refractivity contribution >= 4 is 24.0 Å². The molecule has 174 valence electrons. The first-order valence-corrected chi connectivity index (χ1v) is 11.0. The lowest BCUT2D eigenvalue weighted by Crippen LogP contribution is -2.53. The third-order valence-corrected chi connectivity index (χ3v) is 6.62. The minimum absolute atomic E-state index is 0.218. The van der Waals surface area contributed by atoms with Crippen LogP contribution in [0.25, 0.3) is 0 Å². The van der Waals surface area contributed by atoms with Crippen LogP contribution < -0.4 is 16.2 Å². The predicted molar refractivity (Wildman–Crippen MR) is 123 cm³/mol. The van der Waals surface area contributed by atoms with Gasteiger partial charge in [-0.2, -0.15) is 0 Å². The molecule has 2 aliphatic heterocycles. The molecule has 2 aromatic rings. The normalized spacial score (nSPS) is 17.2. The molecule has 1 fully saturated rings. The summed E-state index contributed by atoms with van der Waals surface area (Å²) < 4.78 is 5.15. The number of anilines is 1. The molecule has 0 bridgehead atoms. The number of amides is 1. The molecule has 4 N–H and O–H groups in total. The Kier molecular flexibility index (Phi) is 6.39. The molecule has 0 saturated carbocycles. The summed E-state index contributed by atoms with van der Waals surface area (Å²) in [5, 5.41) is 11.3. The number of piperidine rings is 1. The van der Waals surface area contributed by atoms with Gasteiger partial charge in [-0.05, 0) is 50.3 Å². The molecule has 10 heteroatoms. The highest BCUT2D eigenvalue weighted by atomic mass is 16.5. The van der Waals surface area contributed by atoms with E-state index in [4.69, 9.17) is 16.0 Å². The van der Waals surface area contributed by atoms with Gasteiger partial charge in [-0.25, -0.2) is 20.6 Å². The van der Waals surface area contributed by atoms with Crippen LogP contribution in [0.3, 0.4) is 0 Å². The molecule has 1 aromatic heterocycles. The molecule has 3 heterocycles. The maximum atomic E-state index is 12.7. The van der Waals surface area contributed by atoms with Gasteiger partial charge in [0.1, 0.15) is 18.6 Å². The number of fused-ring (bicyclic) bond motifs is 1. The summed E-state index contributed by atoms with van der Waals surface area (Å²) in [7, 11) is 0. The number of nitrogens with zero attached hydrogens (tertiary/aromatic N) is 4. The van der Waals surface area contributed by atoms with Crippen molar-refractivity contribution < 1.29 is 14.3 Å². The Morgan fingerprint density at radius 2 is 2.09 bits per heavy atom. The fourth-order valence-corrected chi connectivity index (χ4v) is 4.32. The van der Waals surface area contributed by atoms with Crippen molar-refractivity contribution in [2.75, 3.05) is 24.6 Å². The Morgan fingerprint density at radius 1 is 1.33 bits per heavy atom. The lowest BCUT2D eigenvalue weighted by Gasteiger charge is -2.40. The zero-order valence-electron chi connectivity index (χ0n) is 18.9. The number of cyclic esters (lactones) is 1. The van der Waals surface area contributed by atoms with Crippen LogP contribution in [0.1, 0.15) is 57.3 Å². The third kappa shape index (κ3) is 4.86. The fourth-order valence-electron chi connectivity index (χ4n) is 4.32. The lowest BCUT2D eigenvalue weighted by molar-refractivity contribution is 0.0534. The second kappa shape index (κ2) is 9.24. The monoisotopic (exact) mass is 451 g/mol. The van der Waals surface area contributed by atoms with Gasteiger partial charge in [-0.15, -0.1) is 0 Å². The molecule has 1 aromatic carbocycles. The average Bonchev–Trinajstić information content (AvgIpc) is 3.20. The van der Waals surface area contributed by atoms with E-state index >= 15 is 0 Å². The summed E-state index contributed by atoms with van der Waals surface area (Å²) in [6, 6.07) is 3.91. The molecule has 0 spiro atoms. The number of likely N-dealkylation sites (tertiary alicyclic amines) is 1. The minimum atomic E-state index is -0.315. The van der Waals surface area contributed by atoms with Gasteiger partial charge in [0.2, 0.25) is 0 Å². The topological polar surface area (TPSA) is 138 Å². The molecule has 1 saturated heterocycles. The van der Waals surface area contributed by atoms with E-state index in [1.165, 1.54) is 18.0 Å². The van der Waals surface area contributed by atoms with E-state index in [9.17, 15) is 9.59 Å². The van der Waals surface area contributed by atoms with E-state index in [-0.39, 0.29) is 23.1 Å². The zero-order valence-corrected chi connectivity index (χ0v) is 18.9. The average molecular weight is 452 g/mol. The number of esters is 1. The van der Waals surface area contributed by atoms with Crippen LogP contribution in [0.4, 0.5) is 5.82 Å². The molecule has 33 heavy (non-hydrogen) atoms. The van der Waals surface area contributed by atoms with Crippen LogP contribution in [0.15, 0.2) is 24.5 Å². The largest absolute Gasteiger partial charge is 0.457 e. The van der Waals surface area contributed by atoms with Gasteiger partial charge in [-0.3, -0.25) is 15.2 Å². The highest BCUT2D eigenvalue weighted by molar-refractivity contribution is 5.94. The van der Waals surface area contributed by atoms with E-state index in [1.54, 1.807) is 0 Å². The van der Waals surface area contributed by atoms with Crippen LogP contribution in [0.5, 0.6) is 0 Å². The van der Waals surface area contributed by atoms with Crippen molar-refractivity contribution in [1.82, 2.24) is 20.2 Å². The van der Waals surface area contributed by atoms with Gasteiger partial charge in [0.15, 0.2) is 5.82 Å². The van der Waals surface area contributed by atoms with Crippen molar-refractivity contribution in [2.45, 2.75) is 45.3 Å². The molecular formula is C23H29N7O3. The second-order valence-electron chi connectivity index (χ2n) is 8.85. The highest BCUT2D eigenvalue weighted by Gasteiger charge is 2.32. The van der Waals surface area contributed by atoms with Gasteiger partial charge >= 0.3 is 5.97 Å². The number of aromatic nitrogens is 2. The number of nitrogens with two attached hydrogens (primary N) is 1. The third-order valence-electron chi connectivity index (χ3n) is 6.62. The first kappa shape index (κ1) is 22.8. The van der Waals surface area contributed by atoms with Crippen molar-refractivity contribution in [2.24, 2.45) is 5.84 Å². The minimum Gasteiger partial charge on any atom is -0.457 e. The maximum Gasteiger partial charge on any atom is 0.338 e. The zero-order chi connectivity index (χ0) is 23.6. The molecule has 10 nitrogen and oxygen atoms in total. The first-order chi connectivity index (χ1) is 15.8. The van der Waals surface area contributed by atoms with E-state index in [0.717, 1.165) is 61.4 Å². The van der Waals surface area contributed by atoms with E-state index < -0.39 is 0 Å².